The largest absolute Gasteiger partial charge is 0.394 e. The lowest BCUT2D eigenvalue weighted by Crippen LogP contribution is -2.24. The van der Waals surface area contributed by atoms with E-state index in [-0.39, 0.29) is 25.4 Å². The SMILES string of the molecule is NCC#Cc1nn(C2CC(O)C(CO)O2)c2ncnc(N)c12. The van der Waals surface area contributed by atoms with Gasteiger partial charge in [0, 0.05) is 6.42 Å². The molecule has 3 rings (SSSR count). The molecule has 1 aliphatic heterocycles. The van der Waals surface area contributed by atoms with Crippen LogP contribution in [0, 0.1) is 11.8 Å². The molecule has 1 fully saturated rings. The van der Waals surface area contributed by atoms with Crippen LogP contribution in [0.15, 0.2) is 6.33 Å². The van der Waals surface area contributed by atoms with Gasteiger partial charge in [-0.25, -0.2) is 14.6 Å². The normalized spacial score (nSPS) is 24.4. The molecule has 9 heteroatoms. The lowest BCUT2D eigenvalue weighted by atomic mass is 10.2. The maximum atomic E-state index is 9.87. The summed E-state index contributed by atoms with van der Waals surface area (Å²) >= 11 is 0. The Kier molecular flexibility index (Phi) is 3.91. The van der Waals surface area contributed by atoms with Crippen LogP contribution in [-0.2, 0) is 4.74 Å². The van der Waals surface area contributed by atoms with Crippen molar-refractivity contribution >= 4 is 16.9 Å². The van der Waals surface area contributed by atoms with E-state index in [2.05, 4.69) is 26.9 Å². The molecular formula is C13H16N6O3. The summed E-state index contributed by atoms with van der Waals surface area (Å²) in [5.41, 5.74) is 12.1. The maximum absolute atomic E-state index is 9.87. The van der Waals surface area contributed by atoms with Crippen molar-refractivity contribution in [1.29, 1.82) is 0 Å². The summed E-state index contributed by atoms with van der Waals surface area (Å²) in [6.45, 7) is -0.0823. The second-order valence-electron chi connectivity index (χ2n) is 4.87. The number of aromatic nitrogens is 4. The molecule has 0 spiro atoms. The van der Waals surface area contributed by atoms with Gasteiger partial charge in [-0.3, -0.25) is 0 Å². The second kappa shape index (κ2) is 5.86. The highest BCUT2D eigenvalue weighted by Gasteiger charge is 2.36. The van der Waals surface area contributed by atoms with Crippen LogP contribution in [0.3, 0.4) is 0 Å². The Hall–Kier alpha value is -2.25. The fraction of sp³-hybridized carbons (Fsp3) is 0.462. The third-order valence-electron chi connectivity index (χ3n) is 3.48. The van der Waals surface area contributed by atoms with Crippen LogP contribution < -0.4 is 11.5 Å². The minimum atomic E-state index is -0.771. The van der Waals surface area contributed by atoms with E-state index in [1.807, 2.05) is 0 Å². The summed E-state index contributed by atoms with van der Waals surface area (Å²) in [4.78, 5) is 8.12. The van der Waals surface area contributed by atoms with Gasteiger partial charge in [0.1, 0.15) is 23.9 Å². The molecule has 0 aromatic carbocycles. The number of hydrogen-bond donors (Lipinski definition) is 4. The molecule has 3 unspecified atom stereocenters. The Labute approximate surface area is 125 Å². The van der Waals surface area contributed by atoms with Crippen LogP contribution in [0.2, 0.25) is 0 Å². The lowest BCUT2D eigenvalue weighted by Gasteiger charge is -2.12. The minimum absolute atomic E-state index is 0.188. The highest BCUT2D eigenvalue weighted by Crippen LogP contribution is 2.32. The van der Waals surface area contributed by atoms with Gasteiger partial charge < -0.3 is 26.4 Å². The summed E-state index contributed by atoms with van der Waals surface area (Å²) < 4.78 is 7.11. The van der Waals surface area contributed by atoms with Gasteiger partial charge in [0.25, 0.3) is 0 Å². The number of aliphatic hydroxyl groups excluding tert-OH is 2. The number of nitrogen functional groups attached to an aromatic ring is 1. The van der Waals surface area contributed by atoms with E-state index in [0.717, 1.165) is 0 Å². The minimum Gasteiger partial charge on any atom is -0.394 e. The average Bonchev–Trinajstić information content (AvgIpc) is 3.06. The van der Waals surface area contributed by atoms with Crippen LogP contribution in [0.5, 0.6) is 0 Å². The number of fused-ring (bicyclic) bond motifs is 1. The zero-order valence-corrected chi connectivity index (χ0v) is 11.7. The zero-order chi connectivity index (χ0) is 15.7. The first kappa shape index (κ1) is 14.7. The number of nitrogens with two attached hydrogens (primary N) is 2. The Bertz CT molecular complexity index is 749. The predicted octanol–water partition coefficient (Wildman–Crippen LogP) is -1.64. The molecule has 3 heterocycles. The van der Waals surface area contributed by atoms with Crippen molar-refractivity contribution < 1.29 is 14.9 Å². The van der Waals surface area contributed by atoms with E-state index < -0.39 is 18.4 Å². The van der Waals surface area contributed by atoms with Gasteiger partial charge in [0.15, 0.2) is 11.9 Å². The molecular weight excluding hydrogens is 288 g/mol. The Morgan fingerprint density at radius 1 is 1.45 bits per heavy atom. The van der Waals surface area contributed by atoms with Gasteiger partial charge in [-0.15, -0.1) is 0 Å². The van der Waals surface area contributed by atoms with Gasteiger partial charge in [-0.1, -0.05) is 5.92 Å². The summed E-state index contributed by atoms with van der Waals surface area (Å²) in [6, 6.07) is 0. The van der Waals surface area contributed by atoms with E-state index in [4.69, 9.17) is 16.2 Å². The molecule has 116 valence electrons. The first-order valence-electron chi connectivity index (χ1n) is 6.77. The predicted molar refractivity (Wildman–Crippen MR) is 77.3 cm³/mol. The number of aliphatic hydroxyl groups is 2. The topological polar surface area (TPSA) is 145 Å². The van der Waals surface area contributed by atoms with Crippen molar-refractivity contribution in [3.63, 3.8) is 0 Å². The Morgan fingerprint density at radius 3 is 2.95 bits per heavy atom. The van der Waals surface area contributed by atoms with Gasteiger partial charge in [0.05, 0.1) is 24.6 Å². The molecule has 0 aliphatic carbocycles. The first-order valence-corrected chi connectivity index (χ1v) is 6.77. The van der Waals surface area contributed by atoms with Crippen LogP contribution in [-0.4, -0.2) is 55.3 Å². The van der Waals surface area contributed by atoms with Crippen molar-refractivity contribution in [2.45, 2.75) is 24.9 Å². The van der Waals surface area contributed by atoms with Crippen LogP contribution in [0.1, 0.15) is 18.3 Å². The fourth-order valence-electron chi connectivity index (χ4n) is 2.45. The Morgan fingerprint density at radius 2 is 2.27 bits per heavy atom. The standard InChI is InChI=1S/C13H16N6O3/c14-3-1-2-7-11-12(15)16-6-17-13(11)19(18-7)10-4-8(21)9(5-20)22-10/h6,8-10,20-21H,3-5,14H2,(H2,15,16,17). The fourth-order valence-corrected chi connectivity index (χ4v) is 2.45. The number of ether oxygens (including phenoxy) is 1. The summed E-state index contributed by atoms with van der Waals surface area (Å²) in [5, 5.41) is 23.9. The van der Waals surface area contributed by atoms with Crippen molar-refractivity contribution in [2.24, 2.45) is 5.73 Å². The molecule has 0 saturated carbocycles. The van der Waals surface area contributed by atoms with E-state index in [1.165, 1.54) is 11.0 Å². The quantitative estimate of drug-likeness (QED) is 0.483. The molecule has 1 aliphatic rings. The maximum Gasteiger partial charge on any atom is 0.167 e. The zero-order valence-electron chi connectivity index (χ0n) is 11.7. The smallest absolute Gasteiger partial charge is 0.167 e. The lowest BCUT2D eigenvalue weighted by molar-refractivity contribution is -0.0470. The molecule has 2 aromatic rings. The molecule has 6 N–H and O–H groups in total. The molecule has 3 atom stereocenters. The van der Waals surface area contributed by atoms with E-state index in [1.54, 1.807) is 0 Å². The highest BCUT2D eigenvalue weighted by molar-refractivity contribution is 5.90. The van der Waals surface area contributed by atoms with Crippen LogP contribution in [0.25, 0.3) is 11.0 Å². The van der Waals surface area contributed by atoms with Crippen molar-refractivity contribution in [1.82, 2.24) is 19.7 Å². The number of hydrogen-bond acceptors (Lipinski definition) is 8. The Balaban J connectivity index is 2.09. The van der Waals surface area contributed by atoms with E-state index >= 15 is 0 Å². The number of anilines is 1. The first-order chi connectivity index (χ1) is 10.7. The molecule has 2 aromatic heterocycles. The summed E-state index contributed by atoms with van der Waals surface area (Å²) in [5.74, 6) is 5.81. The van der Waals surface area contributed by atoms with Gasteiger partial charge in [-0.05, 0) is 5.92 Å². The monoisotopic (exact) mass is 304 g/mol. The number of nitrogens with zero attached hydrogens (tertiary/aromatic N) is 4. The molecule has 0 bridgehead atoms. The highest BCUT2D eigenvalue weighted by atomic mass is 16.5. The van der Waals surface area contributed by atoms with Crippen molar-refractivity contribution in [3.05, 3.63) is 12.0 Å². The molecule has 22 heavy (non-hydrogen) atoms. The number of rotatable bonds is 2. The van der Waals surface area contributed by atoms with Crippen LogP contribution >= 0.6 is 0 Å². The van der Waals surface area contributed by atoms with Crippen LogP contribution in [0.4, 0.5) is 5.82 Å². The van der Waals surface area contributed by atoms with E-state index in [0.29, 0.717) is 16.7 Å². The van der Waals surface area contributed by atoms with Crippen molar-refractivity contribution in [3.8, 4) is 11.8 Å². The summed E-state index contributed by atoms with van der Waals surface area (Å²) in [7, 11) is 0. The van der Waals surface area contributed by atoms with Crippen molar-refractivity contribution in [2.75, 3.05) is 18.9 Å². The second-order valence-corrected chi connectivity index (χ2v) is 4.87. The molecule has 0 radical (unpaired) electrons. The van der Waals surface area contributed by atoms with E-state index in [9.17, 15) is 10.2 Å². The van der Waals surface area contributed by atoms with Gasteiger partial charge in [0.2, 0.25) is 0 Å². The third kappa shape index (κ3) is 2.38. The summed E-state index contributed by atoms with van der Waals surface area (Å²) in [6.07, 6.45) is -0.369. The third-order valence-corrected chi connectivity index (χ3v) is 3.48. The molecule has 0 amide bonds. The average molecular weight is 304 g/mol. The molecule has 1 saturated heterocycles. The van der Waals surface area contributed by atoms with Gasteiger partial charge in [-0.2, -0.15) is 5.10 Å². The molecule has 9 nitrogen and oxygen atoms in total. The van der Waals surface area contributed by atoms with Gasteiger partial charge >= 0.3 is 0 Å².